The number of carbonyl (C=O) groups excluding carboxylic acids is 3. The van der Waals surface area contributed by atoms with Crippen molar-refractivity contribution < 1.29 is 33.7 Å². The lowest BCUT2D eigenvalue weighted by Gasteiger charge is -2.37. The zero-order valence-corrected chi connectivity index (χ0v) is 38.4. The number of nitrogens with one attached hydrogen (secondary N) is 4. The number of hydrogen-bond acceptors (Lipinski definition) is 11. The molecule has 0 spiro atoms. The molecule has 0 saturated carbocycles. The molecule has 4 aliphatic rings. The number of nitrogens with zero attached hydrogens (tertiary/aromatic N) is 5. The van der Waals surface area contributed by atoms with Gasteiger partial charge in [0, 0.05) is 65.6 Å². The maximum Gasteiger partial charge on any atom is 0.407 e. The van der Waals surface area contributed by atoms with Gasteiger partial charge in [0.2, 0.25) is 12.1 Å². The van der Waals surface area contributed by atoms with Gasteiger partial charge in [-0.05, 0) is 49.7 Å². The number of carbonyl (C=O) groups is 3. The van der Waals surface area contributed by atoms with Gasteiger partial charge >= 0.3 is 12.2 Å². The van der Waals surface area contributed by atoms with Gasteiger partial charge in [-0.1, -0.05) is 89.2 Å². The minimum atomic E-state index is -0.907. The van der Waals surface area contributed by atoms with Crippen LogP contribution in [0.4, 0.5) is 9.59 Å². The van der Waals surface area contributed by atoms with Crippen molar-refractivity contribution in [2.24, 2.45) is 16.8 Å². The number of aliphatic hydroxyl groups excluding tert-OH is 1. The van der Waals surface area contributed by atoms with Crippen molar-refractivity contribution in [1.29, 1.82) is 0 Å². The number of rotatable bonds is 15. The first-order valence-electron chi connectivity index (χ1n) is 22.9. The molecule has 346 valence electrons. The lowest BCUT2D eigenvalue weighted by atomic mass is 9.88. The molecule has 5 N–H and O–H groups in total. The summed E-state index contributed by atoms with van der Waals surface area (Å²) in [5.74, 6) is 1.10. The average molecular weight is 890 g/mol. The highest BCUT2D eigenvalue weighted by molar-refractivity contribution is 6.12. The number of benzene rings is 2. The topological polar surface area (TPSA) is 188 Å². The van der Waals surface area contributed by atoms with Crippen LogP contribution in [0.25, 0.3) is 16.5 Å². The van der Waals surface area contributed by atoms with Crippen LogP contribution in [0.5, 0.6) is 0 Å². The Kier molecular flexibility index (Phi) is 13.8. The molecular weight excluding hydrogens is 827 g/mol. The SMILES string of the molecule is CCCN(Cc1ncc(C2C=CC3=C(C2)c2cc4cccc(C5=NC(C6CCCN6C(O)C(NC(=O)OC)C(C)C)NC5)c4n2C(c2ccccc2)O3)[nH]1)C(=O)C(NC(=O)OC)C(C)C. The molecule has 1 fully saturated rings. The highest BCUT2D eigenvalue weighted by Gasteiger charge is 2.42. The zero-order valence-electron chi connectivity index (χ0n) is 38.4. The van der Waals surface area contributed by atoms with E-state index in [4.69, 9.17) is 24.2 Å². The molecule has 16 heteroatoms. The van der Waals surface area contributed by atoms with Crippen LogP contribution in [-0.2, 0) is 25.5 Å². The molecule has 4 aromatic rings. The predicted octanol–water partition coefficient (Wildman–Crippen LogP) is 6.40. The molecule has 0 bridgehead atoms. The summed E-state index contributed by atoms with van der Waals surface area (Å²) in [5.41, 5.74) is 7.09. The number of alkyl carbamates (subject to hydrolysis) is 2. The molecular formula is C49H63N9O7. The van der Waals surface area contributed by atoms with E-state index in [0.717, 1.165) is 69.7 Å². The number of likely N-dealkylation sites (tertiary alicyclic amines) is 1. The Labute approximate surface area is 380 Å². The number of amides is 3. The smallest absolute Gasteiger partial charge is 0.407 e. The summed E-state index contributed by atoms with van der Waals surface area (Å²) in [5, 5.41) is 22.0. The van der Waals surface area contributed by atoms with Crippen molar-refractivity contribution in [1.82, 2.24) is 40.3 Å². The Morgan fingerprint density at radius 1 is 1.02 bits per heavy atom. The quantitative estimate of drug-likeness (QED) is 0.0895. The van der Waals surface area contributed by atoms with Crippen LogP contribution < -0.4 is 16.0 Å². The fourth-order valence-electron chi connectivity index (χ4n) is 9.83. The third-order valence-electron chi connectivity index (χ3n) is 13.2. The van der Waals surface area contributed by atoms with E-state index in [2.05, 4.69) is 79.0 Å². The number of allylic oxidation sites excluding steroid dienone is 3. The maximum absolute atomic E-state index is 13.8. The average Bonchev–Trinajstić information content (AvgIpc) is 4.16. The number of para-hydroxylation sites is 1. The van der Waals surface area contributed by atoms with Crippen LogP contribution in [0.15, 0.2) is 83.7 Å². The van der Waals surface area contributed by atoms with E-state index in [0.29, 0.717) is 31.9 Å². The Balaban J connectivity index is 1.08. The number of aliphatic hydroxyl groups is 1. The van der Waals surface area contributed by atoms with Crippen molar-refractivity contribution in [2.45, 2.75) is 110 Å². The number of H-pyrrole nitrogens is 1. The monoisotopic (exact) mass is 889 g/mol. The molecule has 3 amide bonds. The predicted molar refractivity (Wildman–Crippen MR) is 248 cm³/mol. The number of aliphatic imine (C=N–C) groups is 1. The molecule has 1 saturated heterocycles. The standard InChI is InChI=1S/C49H63N9O7/c1-8-21-56(45(59)41(28(2)3)54-48(61)63-6)27-40-50-25-35(52-40)31-19-20-39-34(23-31)38-24-32-16-12-17-33(43(32)58(38)47(65-39)30-14-10-9-11-15-30)36-26-51-44(53-36)37-18-13-22-57(37)46(60)42(29(4)5)55-49(62)64-7/h9-12,14-17,19-20,24-25,28-29,31,37,41-42,44,46-47,51,60H,8,13,18,21-23,26-27H2,1-7H3,(H,50,52)(H,54,61)(H,55,62). The number of ether oxygens (including phenoxy) is 3. The molecule has 7 unspecified atom stereocenters. The first-order chi connectivity index (χ1) is 31.4. The summed E-state index contributed by atoms with van der Waals surface area (Å²) in [6, 6.07) is 17.6. The number of methoxy groups -OCH3 is 2. The molecule has 7 atom stereocenters. The van der Waals surface area contributed by atoms with Crippen molar-refractivity contribution in [3.8, 4) is 0 Å². The maximum atomic E-state index is 13.8. The van der Waals surface area contributed by atoms with Crippen molar-refractivity contribution in [3.63, 3.8) is 0 Å². The second-order valence-electron chi connectivity index (χ2n) is 18.1. The summed E-state index contributed by atoms with van der Waals surface area (Å²) in [6.07, 6.45) is 6.45. The first kappa shape index (κ1) is 45.6. The molecule has 3 aliphatic heterocycles. The van der Waals surface area contributed by atoms with E-state index < -0.39 is 36.7 Å². The minimum Gasteiger partial charge on any atom is -0.466 e. The molecule has 2 aromatic heterocycles. The van der Waals surface area contributed by atoms with Gasteiger partial charge in [0.15, 0.2) is 0 Å². The van der Waals surface area contributed by atoms with Crippen LogP contribution in [0, 0.1) is 11.8 Å². The van der Waals surface area contributed by atoms with Crippen molar-refractivity contribution in [2.75, 3.05) is 33.9 Å². The van der Waals surface area contributed by atoms with Crippen LogP contribution in [0.1, 0.15) is 101 Å². The third kappa shape index (κ3) is 9.29. The number of aromatic nitrogens is 3. The fourth-order valence-corrected chi connectivity index (χ4v) is 9.83. The highest BCUT2D eigenvalue weighted by Crippen LogP contribution is 2.46. The van der Waals surface area contributed by atoms with E-state index in [-0.39, 0.29) is 42.4 Å². The zero-order chi connectivity index (χ0) is 45.9. The third-order valence-corrected chi connectivity index (χ3v) is 13.2. The second kappa shape index (κ2) is 19.6. The van der Waals surface area contributed by atoms with Crippen molar-refractivity contribution >= 4 is 40.3 Å². The normalized spacial score (nSPS) is 22.0. The molecule has 8 rings (SSSR count). The Hall–Kier alpha value is -5.97. The Bertz CT molecular complexity index is 2460. The van der Waals surface area contributed by atoms with Crippen molar-refractivity contribution in [3.05, 3.63) is 107 Å². The summed E-state index contributed by atoms with van der Waals surface area (Å²) >= 11 is 0. The lowest BCUT2D eigenvalue weighted by molar-refractivity contribution is -0.135. The first-order valence-corrected chi connectivity index (χ1v) is 22.9. The van der Waals surface area contributed by atoms with E-state index in [1.54, 1.807) is 4.90 Å². The van der Waals surface area contributed by atoms with Crippen LogP contribution >= 0.6 is 0 Å². The number of imidazole rings is 1. The molecule has 2 aromatic carbocycles. The van der Waals surface area contributed by atoms with E-state index in [1.807, 2.05) is 59.0 Å². The fraction of sp³-hybridized carbons (Fsp3) is 0.490. The van der Waals surface area contributed by atoms with E-state index in [1.165, 1.54) is 14.2 Å². The van der Waals surface area contributed by atoms with Crippen LogP contribution in [0.3, 0.4) is 0 Å². The van der Waals surface area contributed by atoms with Gasteiger partial charge in [-0.3, -0.25) is 20.0 Å². The number of hydrogen-bond donors (Lipinski definition) is 5. The largest absolute Gasteiger partial charge is 0.466 e. The van der Waals surface area contributed by atoms with E-state index >= 15 is 0 Å². The number of fused-ring (bicyclic) bond motifs is 4. The second-order valence-corrected chi connectivity index (χ2v) is 18.1. The molecule has 0 radical (unpaired) electrons. The van der Waals surface area contributed by atoms with Gasteiger partial charge in [0.25, 0.3) is 0 Å². The van der Waals surface area contributed by atoms with Gasteiger partial charge < -0.3 is 44.4 Å². The van der Waals surface area contributed by atoms with Gasteiger partial charge in [0.1, 0.15) is 30.0 Å². The van der Waals surface area contributed by atoms with Gasteiger partial charge in [0.05, 0.1) is 43.7 Å². The molecule has 1 aliphatic carbocycles. The summed E-state index contributed by atoms with van der Waals surface area (Å²) in [4.78, 5) is 55.5. The summed E-state index contributed by atoms with van der Waals surface area (Å²) in [6.45, 7) is 11.8. The number of aromatic amines is 1. The Morgan fingerprint density at radius 3 is 2.51 bits per heavy atom. The highest BCUT2D eigenvalue weighted by atomic mass is 16.5. The Morgan fingerprint density at radius 2 is 1.78 bits per heavy atom. The molecule has 5 heterocycles. The van der Waals surface area contributed by atoms with Gasteiger partial charge in [-0.25, -0.2) is 14.6 Å². The van der Waals surface area contributed by atoms with Crippen LogP contribution in [-0.4, -0.2) is 118 Å². The van der Waals surface area contributed by atoms with Gasteiger partial charge in [-0.2, -0.15) is 0 Å². The minimum absolute atomic E-state index is 0.0259. The van der Waals surface area contributed by atoms with Gasteiger partial charge in [-0.15, -0.1) is 0 Å². The lowest BCUT2D eigenvalue weighted by Crippen LogP contribution is -2.58. The molecule has 16 nitrogen and oxygen atoms in total. The van der Waals surface area contributed by atoms with E-state index in [9.17, 15) is 19.5 Å². The summed E-state index contributed by atoms with van der Waals surface area (Å²) < 4.78 is 19.0. The summed E-state index contributed by atoms with van der Waals surface area (Å²) in [7, 11) is 2.62. The van der Waals surface area contributed by atoms with Crippen LogP contribution in [0.2, 0.25) is 0 Å². The molecule has 65 heavy (non-hydrogen) atoms.